The lowest BCUT2D eigenvalue weighted by Crippen LogP contribution is -2.25. The van der Waals surface area contributed by atoms with Crippen molar-refractivity contribution in [3.8, 4) is 0 Å². The summed E-state index contributed by atoms with van der Waals surface area (Å²) in [7, 11) is 0. The summed E-state index contributed by atoms with van der Waals surface area (Å²) in [6, 6.07) is 0. The van der Waals surface area contributed by atoms with Crippen molar-refractivity contribution < 1.29 is 34.1 Å². The molecule has 0 unspecified atom stereocenters. The van der Waals surface area contributed by atoms with E-state index in [2.05, 4.69) is 5.32 Å². The van der Waals surface area contributed by atoms with E-state index in [1.807, 2.05) is 5.48 Å². The van der Waals surface area contributed by atoms with Crippen molar-refractivity contribution in [3.05, 3.63) is 0 Å². The van der Waals surface area contributed by atoms with Crippen LogP contribution in [-0.4, -0.2) is 74.9 Å². The minimum atomic E-state index is -0.976. The zero-order valence-electron chi connectivity index (χ0n) is 13.4. The summed E-state index contributed by atoms with van der Waals surface area (Å²) in [6.07, 6.45) is 1.26. The Morgan fingerprint density at radius 1 is 0.783 bits per heavy atom. The van der Waals surface area contributed by atoms with Crippen LogP contribution in [0.4, 0.5) is 0 Å². The highest BCUT2D eigenvalue weighted by molar-refractivity contribution is 5.80. The number of hydrogen-bond donors (Lipinski definition) is 4. The van der Waals surface area contributed by atoms with Crippen molar-refractivity contribution in [2.45, 2.75) is 25.7 Å². The molecule has 0 saturated carbocycles. The summed E-state index contributed by atoms with van der Waals surface area (Å²) in [4.78, 5) is 21.5. The molecule has 0 saturated heterocycles. The standard InChI is InChI=1S/C14H28N2O7/c17-13(3-4-14(18)19)15-5-1-7-21-9-11-23-12-10-22-8-2-6-16-20/h16,20H,1-12H2,(H,15,17)(H,18,19). The number of carboxylic acids is 1. The summed E-state index contributed by atoms with van der Waals surface area (Å²) in [5.41, 5.74) is 2.05. The molecule has 0 aromatic heterocycles. The molecule has 0 bridgehead atoms. The number of carbonyl (C=O) groups excluding carboxylic acids is 1. The Bertz CT molecular complexity index is 303. The van der Waals surface area contributed by atoms with E-state index in [0.29, 0.717) is 59.2 Å². The van der Waals surface area contributed by atoms with Crippen LogP contribution in [0.25, 0.3) is 0 Å². The number of carboxylic acid groups (broad SMARTS) is 1. The van der Waals surface area contributed by atoms with Crippen LogP contribution in [0, 0.1) is 0 Å². The van der Waals surface area contributed by atoms with Crippen molar-refractivity contribution >= 4 is 11.9 Å². The maximum absolute atomic E-state index is 11.2. The van der Waals surface area contributed by atoms with Gasteiger partial charge in [0.05, 0.1) is 32.8 Å². The number of rotatable bonds is 17. The number of carbonyl (C=O) groups is 2. The molecule has 0 heterocycles. The molecule has 1 amide bonds. The van der Waals surface area contributed by atoms with E-state index in [-0.39, 0.29) is 18.7 Å². The molecule has 0 aromatic rings. The molecule has 9 heteroatoms. The smallest absolute Gasteiger partial charge is 0.303 e. The van der Waals surface area contributed by atoms with E-state index >= 15 is 0 Å². The van der Waals surface area contributed by atoms with Gasteiger partial charge in [0.15, 0.2) is 0 Å². The van der Waals surface area contributed by atoms with Crippen LogP contribution in [0.5, 0.6) is 0 Å². The van der Waals surface area contributed by atoms with E-state index < -0.39 is 5.97 Å². The molecular formula is C14H28N2O7. The number of nitrogens with one attached hydrogen (secondary N) is 2. The van der Waals surface area contributed by atoms with Gasteiger partial charge in [0, 0.05) is 32.7 Å². The number of ether oxygens (including phenoxy) is 3. The van der Waals surface area contributed by atoms with Gasteiger partial charge in [-0.15, -0.1) is 0 Å². The zero-order valence-corrected chi connectivity index (χ0v) is 13.4. The van der Waals surface area contributed by atoms with E-state index in [4.69, 9.17) is 24.5 Å². The molecule has 0 rings (SSSR count). The Kier molecular flexibility index (Phi) is 16.2. The van der Waals surface area contributed by atoms with Crippen molar-refractivity contribution in [2.24, 2.45) is 0 Å². The second-order valence-corrected chi connectivity index (χ2v) is 4.70. The first kappa shape index (κ1) is 21.7. The Labute approximate surface area is 136 Å². The summed E-state index contributed by atoms with van der Waals surface area (Å²) in [5.74, 6) is -1.23. The highest BCUT2D eigenvalue weighted by Gasteiger charge is 2.03. The molecule has 0 fully saturated rings. The third kappa shape index (κ3) is 18.7. The normalized spacial score (nSPS) is 10.7. The molecule has 23 heavy (non-hydrogen) atoms. The summed E-state index contributed by atoms with van der Waals surface area (Å²) >= 11 is 0. The Morgan fingerprint density at radius 2 is 1.30 bits per heavy atom. The maximum Gasteiger partial charge on any atom is 0.303 e. The van der Waals surface area contributed by atoms with Crippen LogP contribution < -0.4 is 10.8 Å². The van der Waals surface area contributed by atoms with Gasteiger partial charge in [-0.3, -0.25) is 9.59 Å². The lowest BCUT2D eigenvalue weighted by molar-refractivity contribution is -0.138. The third-order valence-corrected chi connectivity index (χ3v) is 2.67. The molecule has 0 aromatic carbocycles. The molecule has 0 spiro atoms. The molecule has 0 aliphatic rings. The minimum absolute atomic E-state index is 0.00259. The number of amides is 1. The van der Waals surface area contributed by atoms with Crippen molar-refractivity contribution in [1.82, 2.24) is 10.8 Å². The second-order valence-electron chi connectivity index (χ2n) is 4.70. The second kappa shape index (κ2) is 17.1. The highest BCUT2D eigenvalue weighted by Crippen LogP contribution is 1.89. The first-order chi connectivity index (χ1) is 11.2. The van der Waals surface area contributed by atoms with Crippen molar-refractivity contribution in [1.29, 1.82) is 0 Å². The van der Waals surface area contributed by atoms with Crippen LogP contribution in [0.15, 0.2) is 0 Å². The molecule has 0 aliphatic carbocycles. The zero-order chi connectivity index (χ0) is 17.2. The lowest BCUT2D eigenvalue weighted by Gasteiger charge is -2.07. The van der Waals surface area contributed by atoms with Gasteiger partial charge in [0.1, 0.15) is 0 Å². The molecule has 0 atom stereocenters. The van der Waals surface area contributed by atoms with E-state index in [1.165, 1.54) is 0 Å². The van der Waals surface area contributed by atoms with Gasteiger partial charge >= 0.3 is 5.97 Å². The van der Waals surface area contributed by atoms with Gasteiger partial charge in [-0.25, -0.2) is 5.48 Å². The van der Waals surface area contributed by atoms with Crippen LogP contribution in [0.2, 0.25) is 0 Å². The number of hydroxylamine groups is 1. The fraction of sp³-hybridized carbons (Fsp3) is 0.857. The summed E-state index contributed by atoms with van der Waals surface area (Å²) in [6.45, 7) is 4.01. The quantitative estimate of drug-likeness (QED) is 0.212. The number of hydrogen-bond acceptors (Lipinski definition) is 7. The highest BCUT2D eigenvalue weighted by atomic mass is 16.5. The van der Waals surface area contributed by atoms with E-state index in [0.717, 1.165) is 6.42 Å². The van der Waals surface area contributed by atoms with Crippen molar-refractivity contribution in [3.63, 3.8) is 0 Å². The summed E-state index contributed by atoms with van der Waals surface area (Å²) < 4.78 is 15.9. The van der Waals surface area contributed by atoms with Crippen LogP contribution in [0.1, 0.15) is 25.7 Å². The lowest BCUT2D eigenvalue weighted by atomic mass is 10.3. The largest absolute Gasteiger partial charge is 0.481 e. The fourth-order valence-corrected chi connectivity index (χ4v) is 1.51. The Balaban J connectivity index is 3.10. The molecule has 4 N–H and O–H groups in total. The average Bonchev–Trinajstić information content (AvgIpc) is 2.53. The van der Waals surface area contributed by atoms with Crippen LogP contribution >= 0.6 is 0 Å². The van der Waals surface area contributed by atoms with Crippen LogP contribution in [-0.2, 0) is 23.8 Å². The predicted molar refractivity (Wildman–Crippen MR) is 81.4 cm³/mol. The van der Waals surface area contributed by atoms with Gasteiger partial charge < -0.3 is 29.8 Å². The van der Waals surface area contributed by atoms with Gasteiger partial charge in [0.25, 0.3) is 0 Å². The van der Waals surface area contributed by atoms with Gasteiger partial charge in [-0.2, -0.15) is 0 Å². The van der Waals surface area contributed by atoms with Crippen molar-refractivity contribution in [2.75, 3.05) is 52.7 Å². The van der Waals surface area contributed by atoms with Gasteiger partial charge in [-0.05, 0) is 12.8 Å². The van der Waals surface area contributed by atoms with E-state index in [9.17, 15) is 9.59 Å². The van der Waals surface area contributed by atoms with Gasteiger partial charge in [-0.1, -0.05) is 0 Å². The topological polar surface area (TPSA) is 126 Å². The fourth-order valence-electron chi connectivity index (χ4n) is 1.51. The molecular weight excluding hydrogens is 308 g/mol. The molecule has 0 aliphatic heterocycles. The number of aliphatic carboxylic acids is 1. The minimum Gasteiger partial charge on any atom is -0.481 e. The first-order valence-corrected chi connectivity index (χ1v) is 7.75. The Morgan fingerprint density at radius 3 is 1.83 bits per heavy atom. The first-order valence-electron chi connectivity index (χ1n) is 7.75. The molecule has 136 valence electrons. The molecule has 9 nitrogen and oxygen atoms in total. The Hall–Kier alpha value is -1.26. The van der Waals surface area contributed by atoms with Crippen LogP contribution in [0.3, 0.4) is 0 Å². The maximum atomic E-state index is 11.2. The SMILES string of the molecule is O=C(O)CCC(=O)NCCCOCCOCCOCCCNO. The monoisotopic (exact) mass is 336 g/mol. The van der Waals surface area contributed by atoms with Gasteiger partial charge in [0.2, 0.25) is 5.91 Å². The third-order valence-electron chi connectivity index (χ3n) is 2.67. The average molecular weight is 336 g/mol. The predicted octanol–water partition coefficient (Wildman–Crippen LogP) is -0.224. The van der Waals surface area contributed by atoms with E-state index in [1.54, 1.807) is 0 Å². The molecule has 0 radical (unpaired) electrons. The summed E-state index contributed by atoms with van der Waals surface area (Å²) in [5, 5.41) is 19.4.